The summed E-state index contributed by atoms with van der Waals surface area (Å²) in [5.41, 5.74) is 0.616. The van der Waals surface area contributed by atoms with Gasteiger partial charge in [-0.25, -0.2) is 4.79 Å². The van der Waals surface area contributed by atoms with Gasteiger partial charge in [-0.3, -0.25) is 4.79 Å². The Hall–Kier alpha value is -2.54. The van der Waals surface area contributed by atoms with Crippen LogP contribution >= 0.6 is 0 Å². The summed E-state index contributed by atoms with van der Waals surface area (Å²) >= 11 is 0. The molecule has 0 unspecified atom stereocenters. The van der Waals surface area contributed by atoms with Gasteiger partial charge in [0.2, 0.25) is 0 Å². The van der Waals surface area contributed by atoms with Crippen LogP contribution in [0, 0.1) is 0 Å². The van der Waals surface area contributed by atoms with Gasteiger partial charge in [-0.1, -0.05) is 0 Å². The third-order valence-electron chi connectivity index (χ3n) is 2.47. The highest BCUT2D eigenvalue weighted by Gasteiger charge is 2.12. The fourth-order valence-electron chi connectivity index (χ4n) is 1.43. The van der Waals surface area contributed by atoms with Gasteiger partial charge >= 0.3 is 5.97 Å². The van der Waals surface area contributed by atoms with Crippen LogP contribution in [-0.2, 0) is 14.3 Å². The summed E-state index contributed by atoms with van der Waals surface area (Å²) < 4.78 is 9.54. The monoisotopic (exact) mass is 294 g/mol. The molecule has 7 nitrogen and oxygen atoms in total. The van der Waals surface area contributed by atoms with Gasteiger partial charge in [0, 0.05) is 12.2 Å². The van der Waals surface area contributed by atoms with Gasteiger partial charge in [0.1, 0.15) is 11.4 Å². The maximum Gasteiger partial charge on any atom is 0.332 e. The molecule has 0 aliphatic carbocycles. The molecule has 1 aromatic rings. The highest BCUT2D eigenvalue weighted by Crippen LogP contribution is 2.16. The molecule has 0 radical (unpaired) electrons. The lowest BCUT2D eigenvalue weighted by molar-refractivity contribution is -0.135. The number of aliphatic hydroxyl groups is 1. The van der Waals surface area contributed by atoms with Crippen molar-refractivity contribution in [3.63, 3.8) is 0 Å². The zero-order chi connectivity index (χ0) is 15.7. The maximum absolute atomic E-state index is 11.9. The van der Waals surface area contributed by atoms with E-state index in [9.17, 15) is 9.59 Å². The van der Waals surface area contributed by atoms with Crippen LogP contribution in [0.5, 0.6) is 5.75 Å². The average molecular weight is 294 g/mol. The Morgan fingerprint density at radius 2 is 1.90 bits per heavy atom. The molecule has 114 valence electrons. The Balaban J connectivity index is 2.87. The number of nitrogens with one attached hydrogen (secondary N) is 2. The summed E-state index contributed by atoms with van der Waals surface area (Å²) in [6, 6.07) is 6.82. The highest BCUT2D eigenvalue weighted by molar-refractivity contribution is 6.01. The van der Waals surface area contributed by atoms with E-state index in [4.69, 9.17) is 9.84 Å². The summed E-state index contributed by atoms with van der Waals surface area (Å²) in [5.74, 6) is -0.515. The third-order valence-corrected chi connectivity index (χ3v) is 2.47. The Morgan fingerprint density at radius 3 is 2.43 bits per heavy atom. The number of anilines is 1. The Morgan fingerprint density at radius 1 is 1.24 bits per heavy atom. The second-order valence-electron chi connectivity index (χ2n) is 3.91. The van der Waals surface area contributed by atoms with Gasteiger partial charge in [0.25, 0.3) is 5.91 Å². The van der Waals surface area contributed by atoms with E-state index in [1.54, 1.807) is 31.4 Å². The van der Waals surface area contributed by atoms with Crippen LogP contribution in [0.2, 0.25) is 0 Å². The topological polar surface area (TPSA) is 96.9 Å². The number of benzene rings is 1. The zero-order valence-corrected chi connectivity index (χ0v) is 11.9. The fraction of sp³-hybridized carbons (Fsp3) is 0.286. The van der Waals surface area contributed by atoms with Crippen LogP contribution in [0.4, 0.5) is 5.69 Å². The van der Waals surface area contributed by atoms with Crippen LogP contribution in [0.25, 0.3) is 0 Å². The third kappa shape index (κ3) is 5.53. The van der Waals surface area contributed by atoms with E-state index in [0.717, 1.165) is 6.08 Å². The van der Waals surface area contributed by atoms with E-state index in [0.29, 0.717) is 11.4 Å². The molecule has 0 heterocycles. The van der Waals surface area contributed by atoms with Crippen molar-refractivity contribution in [1.29, 1.82) is 0 Å². The molecule has 21 heavy (non-hydrogen) atoms. The number of carbonyl (C=O) groups excluding carboxylic acids is 2. The average Bonchev–Trinajstić information content (AvgIpc) is 2.52. The van der Waals surface area contributed by atoms with Crippen molar-refractivity contribution >= 4 is 17.6 Å². The number of amides is 1. The van der Waals surface area contributed by atoms with Gasteiger partial charge in [0.15, 0.2) is 0 Å². The zero-order valence-electron chi connectivity index (χ0n) is 11.9. The lowest BCUT2D eigenvalue weighted by Gasteiger charge is -2.11. The van der Waals surface area contributed by atoms with Gasteiger partial charge in [-0.2, -0.15) is 0 Å². The van der Waals surface area contributed by atoms with E-state index in [2.05, 4.69) is 15.4 Å². The molecule has 0 saturated carbocycles. The van der Waals surface area contributed by atoms with E-state index in [1.165, 1.54) is 7.11 Å². The van der Waals surface area contributed by atoms with Crippen LogP contribution in [0.1, 0.15) is 0 Å². The number of methoxy groups -OCH3 is 2. The van der Waals surface area contributed by atoms with Crippen molar-refractivity contribution in [2.75, 3.05) is 32.7 Å². The normalized spacial score (nSPS) is 10.7. The number of aliphatic hydroxyl groups excluding tert-OH is 1. The van der Waals surface area contributed by atoms with E-state index in [-0.39, 0.29) is 18.8 Å². The summed E-state index contributed by atoms with van der Waals surface area (Å²) in [7, 11) is 2.77. The van der Waals surface area contributed by atoms with Crippen molar-refractivity contribution in [2.24, 2.45) is 0 Å². The van der Waals surface area contributed by atoms with E-state index < -0.39 is 11.9 Å². The molecule has 0 spiro atoms. The molecule has 0 aliphatic rings. The molecular formula is C14H18N2O5. The predicted molar refractivity (Wildman–Crippen MR) is 76.8 cm³/mol. The van der Waals surface area contributed by atoms with Crippen molar-refractivity contribution in [3.8, 4) is 5.75 Å². The molecule has 0 atom stereocenters. The molecule has 1 amide bonds. The van der Waals surface area contributed by atoms with Crippen LogP contribution in [0.3, 0.4) is 0 Å². The first-order chi connectivity index (χ1) is 10.1. The minimum Gasteiger partial charge on any atom is -0.497 e. The molecule has 7 heteroatoms. The second kappa shape index (κ2) is 8.60. The summed E-state index contributed by atoms with van der Waals surface area (Å²) in [6.07, 6.45) is 1.04. The number of carbonyl (C=O) groups is 2. The SMILES string of the molecule is COC(=O)/C=C(\Nc1ccc(OC)cc1)C(=O)NCCO. The molecular weight excluding hydrogens is 276 g/mol. The quantitative estimate of drug-likeness (QED) is 0.493. The summed E-state index contributed by atoms with van der Waals surface area (Å²) in [5, 5.41) is 14.0. The molecule has 1 aromatic carbocycles. The van der Waals surface area contributed by atoms with Crippen molar-refractivity contribution in [2.45, 2.75) is 0 Å². The van der Waals surface area contributed by atoms with Gasteiger partial charge in [0.05, 0.1) is 26.9 Å². The maximum atomic E-state index is 11.9. The first kappa shape index (κ1) is 16.5. The standard InChI is InChI=1S/C14H18N2O5/c1-20-11-5-3-10(4-6-11)16-12(9-13(18)21-2)14(19)15-7-8-17/h3-6,9,16-17H,7-8H2,1-2H3,(H,15,19)/b12-9-. The van der Waals surface area contributed by atoms with Crippen LogP contribution in [0.15, 0.2) is 36.0 Å². The van der Waals surface area contributed by atoms with Crippen molar-refractivity contribution < 1.29 is 24.2 Å². The first-order valence-electron chi connectivity index (χ1n) is 6.20. The molecule has 1 rings (SSSR count). The molecule has 0 fully saturated rings. The minimum atomic E-state index is -0.662. The molecule has 0 bridgehead atoms. The van der Waals surface area contributed by atoms with Crippen molar-refractivity contribution in [3.05, 3.63) is 36.0 Å². The number of rotatable bonds is 7. The Labute approximate surface area is 122 Å². The Kier molecular flexibility index (Phi) is 6.76. The molecule has 0 aliphatic heterocycles. The smallest absolute Gasteiger partial charge is 0.332 e. The lowest BCUT2D eigenvalue weighted by Crippen LogP contribution is -2.31. The summed E-state index contributed by atoms with van der Waals surface area (Å²) in [4.78, 5) is 23.2. The lowest BCUT2D eigenvalue weighted by atomic mass is 10.2. The fourth-order valence-corrected chi connectivity index (χ4v) is 1.43. The molecule has 0 aromatic heterocycles. The predicted octanol–water partition coefficient (Wildman–Crippen LogP) is 0.272. The summed E-state index contributed by atoms with van der Waals surface area (Å²) in [6.45, 7) is -0.110. The van der Waals surface area contributed by atoms with E-state index >= 15 is 0 Å². The first-order valence-corrected chi connectivity index (χ1v) is 6.20. The largest absolute Gasteiger partial charge is 0.497 e. The van der Waals surface area contributed by atoms with Gasteiger partial charge in [-0.15, -0.1) is 0 Å². The van der Waals surface area contributed by atoms with Crippen LogP contribution in [-0.4, -0.2) is 44.4 Å². The van der Waals surface area contributed by atoms with Gasteiger partial charge < -0.3 is 25.2 Å². The van der Waals surface area contributed by atoms with E-state index in [1.807, 2.05) is 0 Å². The highest BCUT2D eigenvalue weighted by atomic mass is 16.5. The molecule has 3 N–H and O–H groups in total. The Bertz CT molecular complexity index is 511. The number of hydrogen-bond acceptors (Lipinski definition) is 6. The number of ether oxygens (including phenoxy) is 2. The number of esters is 1. The second-order valence-corrected chi connectivity index (χ2v) is 3.91. The van der Waals surface area contributed by atoms with Gasteiger partial charge in [-0.05, 0) is 24.3 Å². The minimum absolute atomic E-state index is 0.0143. The number of hydrogen-bond donors (Lipinski definition) is 3. The van der Waals surface area contributed by atoms with Crippen LogP contribution < -0.4 is 15.4 Å². The molecule has 0 saturated heterocycles. The van der Waals surface area contributed by atoms with Crippen molar-refractivity contribution in [1.82, 2.24) is 5.32 Å².